The number of carboxylic acid groups (broad SMARTS) is 1. The average Bonchev–Trinajstić information content (AvgIpc) is 2.36. The average molecular weight is 463 g/mol. The Kier molecular flexibility index (Phi) is 6.44. The largest absolute Gasteiger partial charge is 0.478 e. The molecule has 1 aromatic carbocycles. The van der Waals surface area contributed by atoms with Crippen LogP contribution in [-0.2, 0) is 9.47 Å². The summed E-state index contributed by atoms with van der Waals surface area (Å²) < 4.78 is 11.1. The van der Waals surface area contributed by atoms with Crippen LogP contribution in [-0.4, -0.2) is 34.5 Å². The smallest absolute Gasteiger partial charge is 0.424 e. The summed E-state index contributed by atoms with van der Waals surface area (Å²) in [6, 6.07) is 4.32. The first-order valence-corrected chi connectivity index (χ1v) is 8.58. The SMILES string of the molecule is CC(C)(C)OC(=O)N(C(=O)OC(C)(C)C)c1ccc(I)cc1C(=O)O. The molecule has 1 rings (SSSR count). The van der Waals surface area contributed by atoms with Gasteiger partial charge in [0.2, 0.25) is 0 Å². The number of hydrogen-bond donors (Lipinski definition) is 1. The Hall–Kier alpha value is -1.84. The van der Waals surface area contributed by atoms with Crippen LogP contribution in [0.15, 0.2) is 18.2 Å². The fourth-order valence-electron chi connectivity index (χ4n) is 1.76. The maximum absolute atomic E-state index is 12.6. The summed E-state index contributed by atoms with van der Waals surface area (Å²) in [4.78, 5) is 37.3. The van der Waals surface area contributed by atoms with Crippen LogP contribution < -0.4 is 4.90 Å². The monoisotopic (exact) mass is 463 g/mol. The van der Waals surface area contributed by atoms with Gasteiger partial charge in [-0.25, -0.2) is 14.4 Å². The van der Waals surface area contributed by atoms with Gasteiger partial charge in [-0.3, -0.25) is 0 Å². The number of carbonyl (C=O) groups excluding carboxylic acids is 2. The molecule has 0 aliphatic rings. The van der Waals surface area contributed by atoms with Crippen molar-refractivity contribution in [3.05, 3.63) is 27.3 Å². The number of aromatic carboxylic acids is 1. The molecule has 0 aliphatic carbocycles. The number of imide groups is 1. The Morgan fingerprint density at radius 3 is 1.76 bits per heavy atom. The number of nitrogens with zero attached hydrogens (tertiary/aromatic N) is 1. The van der Waals surface area contributed by atoms with E-state index in [0.717, 1.165) is 0 Å². The predicted octanol–water partition coefficient (Wildman–Crippen LogP) is 4.67. The lowest BCUT2D eigenvalue weighted by molar-refractivity contribution is 0.0430. The van der Waals surface area contributed by atoms with Crippen LogP contribution in [0.25, 0.3) is 0 Å². The third kappa shape index (κ3) is 6.52. The van der Waals surface area contributed by atoms with Crippen LogP contribution in [0.5, 0.6) is 0 Å². The second kappa shape index (κ2) is 7.59. The van der Waals surface area contributed by atoms with Gasteiger partial charge in [0.1, 0.15) is 11.2 Å². The van der Waals surface area contributed by atoms with Gasteiger partial charge in [0.15, 0.2) is 0 Å². The lowest BCUT2D eigenvalue weighted by Gasteiger charge is -2.29. The van der Waals surface area contributed by atoms with Gasteiger partial charge >= 0.3 is 18.2 Å². The molecule has 1 N–H and O–H groups in total. The van der Waals surface area contributed by atoms with Crippen molar-refractivity contribution in [2.75, 3.05) is 4.90 Å². The summed E-state index contributed by atoms with van der Waals surface area (Å²) in [5, 5.41) is 9.43. The van der Waals surface area contributed by atoms with Crippen molar-refractivity contribution < 1.29 is 29.0 Å². The molecule has 0 radical (unpaired) electrons. The number of benzene rings is 1. The van der Waals surface area contributed by atoms with E-state index in [0.29, 0.717) is 8.47 Å². The Balaban J connectivity index is 3.44. The molecule has 0 spiro atoms. The normalized spacial score (nSPS) is 11.6. The minimum Gasteiger partial charge on any atom is -0.478 e. The van der Waals surface area contributed by atoms with Crippen molar-refractivity contribution in [2.45, 2.75) is 52.7 Å². The van der Waals surface area contributed by atoms with Crippen molar-refractivity contribution in [1.29, 1.82) is 0 Å². The number of amides is 2. The summed E-state index contributed by atoms with van der Waals surface area (Å²) in [5.41, 5.74) is -2.06. The first kappa shape index (κ1) is 21.2. The summed E-state index contributed by atoms with van der Waals surface area (Å²) in [7, 11) is 0. The molecule has 0 unspecified atom stereocenters. The van der Waals surface area contributed by atoms with Gasteiger partial charge in [-0.1, -0.05) is 0 Å². The van der Waals surface area contributed by atoms with E-state index in [2.05, 4.69) is 0 Å². The number of carbonyl (C=O) groups is 3. The van der Waals surface area contributed by atoms with Crippen LogP contribution in [0.3, 0.4) is 0 Å². The molecule has 0 fully saturated rings. The molecular formula is C17H22INO6. The highest BCUT2D eigenvalue weighted by Crippen LogP contribution is 2.27. The van der Waals surface area contributed by atoms with Crippen molar-refractivity contribution in [3.8, 4) is 0 Å². The number of rotatable bonds is 2. The molecule has 7 nitrogen and oxygen atoms in total. The Bertz CT molecular complexity index is 659. The first-order valence-electron chi connectivity index (χ1n) is 7.50. The van der Waals surface area contributed by atoms with E-state index in [1.165, 1.54) is 12.1 Å². The van der Waals surface area contributed by atoms with Crippen LogP contribution in [0.1, 0.15) is 51.9 Å². The Morgan fingerprint density at radius 1 is 0.960 bits per heavy atom. The van der Waals surface area contributed by atoms with E-state index in [4.69, 9.17) is 9.47 Å². The zero-order valence-electron chi connectivity index (χ0n) is 15.0. The maximum atomic E-state index is 12.6. The van der Waals surface area contributed by atoms with Gasteiger partial charge in [-0.15, -0.1) is 0 Å². The van der Waals surface area contributed by atoms with Crippen LogP contribution in [0.4, 0.5) is 15.3 Å². The van der Waals surface area contributed by atoms with Crippen LogP contribution in [0.2, 0.25) is 0 Å². The molecule has 2 amide bonds. The molecule has 0 saturated carbocycles. The summed E-state index contributed by atoms with van der Waals surface area (Å²) in [5.74, 6) is -1.27. The van der Waals surface area contributed by atoms with E-state index in [1.807, 2.05) is 22.6 Å². The number of halogens is 1. The first-order chi connectivity index (χ1) is 11.2. The number of hydrogen-bond acceptors (Lipinski definition) is 5. The second-order valence-electron chi connectivity index (χ2n) is 7.26. The topological polar surface area (TPSA) is 93.1 Å². The Morgan fingerprint density at radius 2 is 1.40 bits per heavy atom. The third-order valence-electron chi connectivity index (χ3n) is 2.58. The lowest BCUT2D eigenvalue weighted by Crippen LogP contribution is -2.44. The predicted molar refractivity (Wildman–Crippen MR) is 101 cm³/mol. The van der Waals surface area contributed by atoms with E-state index < -0.39 is 29.4 Å². The minimum atomic E-state index is -1.27. The van der Waals surface area contributed by atoms with Crippen LogP contribution in [0, 0.1) is 3.57 Å². The van der Waals surface area contributed by atoms with Crippen molar-refractivity contribution in [3.63, 3.8) is 0 Å². The molecule has 138 valence electrons. The Labute approximate surface area is 160 Å². The summed E-state index contributed by atoms with van der Waals surface area (Å²) in [6.45, 7) is 9.86. The van der Waals surface area contributed by atoms with Gasteiger partial charge in [0.05, 0.1) is 11.3 Å². The fourth-order valence-corrected chi connectivity index (χ4v) is 2.25. The molecule has 1 aromatic rings. The highest BCUT2D eigenvalue weighted by atomic mass is 127. The van der Waals surface area contributed by atoms with E-state index in [9.17, 15) is 19.5 Å². The van der Waals surface area contributed by atoms with E-state index >= 15 is 0 Å². The molecule has 25 heavy (non-hydrogen) atoms. The number of carboxylic acids is 1. The summed E-state index contributed by atoms with van der Waals surface area (Å²) in [6.07, 6.45) is -2.02. The van der Waals surface area contributed by atoms with E-state index in [-0.39, 0.29) is 11.3 Å². The molecule has 0 heterocycles. The van der Waals surface area contributed by atoms with Crippen molar-refractivity contribution >= 4 is 46.4 Å². The molecule has 0 aromatic heterocycles. The number of anilines is 1. The van der Waals surface area contributed by atoms with Gasteiger partial charge in [0, 0.05) is 3.57 Å². The molecule has 0 atom stereocenters. The molecule has 0 aliphatic heterocycles. The molecule has 0 bridgehead atoms. The lowest BCUT2D eigenvalue weighted by atomic mass is 10.1. The van der Waals surface area contributed by atoms with Crippen molar-refractivity contribution in [1.82, 2.24) is 0 Å². The molecule has 8 heteroatoms. The van der Waals surface area contributed by atoms with Gasteiger partial charge in [0.25, 0.3) is 0 Å². The molecular weight excluding hydrogens is 441 g/mol. The maximum Gasteiger partial charge on any atom is 0.424 e. The van der Waals surface area contributed by atoms with Gasteiger partial charge in [-0.05, 0) is 82.3 Å². The minimum absolute atomic E-state index is 0.114. The molecule has 0 saturated heterocycles. The zero-order valence-corrected chi connectivity index (χ0v) is 17.2. The van der Waals surface area contributed by atoms with Gasteiger partial charge in [-0.2, -0.15) is 4.90 Å². The highest BCUT2D eigenvalue weighted by Gasteiger charge is 2.35. The quantitative estimate of drug-likeness (QED) is 0.642. The standard InChI is InChI=1S/C17H22INO6/c1-16(2,3)24-14(22)19(15(23)25-17(4,5)6)12-8-7-10(18)9-11(12)13(20)21/h7-9H,1-6H3,(H,20,21). The van der Waals surface area contributed by atoms with E-state index in [1.54, 1.807) is 47.6 Å². The third-order valence-corrected chi connectivity index (χ3v) is 3.25. The fraction of sp³-hybridized carbons (Fsp3) is 0.471. The van der Waals surface area contributed by atoms with Crippen molar-refractivity contribution in [2.24, 2.45) is 0 Å². The van der Waals surface area contributed by atoms with Crippen LogP contribution >= 0.6 is 22.6 Å². The number of ether oxygens (including phenoxy) is 2. The van der Waals surface area contributed by atoms with Gasteiger partial charge < -0.3 is 14.6 Å². The zero-order chi connectivity index (χ0) is 19.6. The summed E-state index contributed by atoms with van der Waals surface area (Å²) >= 11 is 1.94. The highest BCUT2D eigenvalue weighted by molar-refractivity contribution is 14.1. The second-order valence-corrected chi connectivity index (χ2v) is 8.51.